The molecule has 1 saturated heterocycles. The van der Waals surface area contributed by atoms with Crippen LogP contribution in [0.1, 0.15) is 40.0 Å². The molecule has 1 heterocycles. The summed E-state index contributed by atoms with van der Waals surface area (Å²) in [5, 5.41) is 12.8. The van der Waals surface area contributed by atoms with Gasteiger partial charge in [-0.3, -0.25) is 0 Å². The van der Waals surface area contributed by atoms with Crippen molar-refractivity contribution in [3.63, 3.8) is 0 Å². The van der Waals surface area contributed by atoms with Crippen LogP contribution in [0.15, 0.2) is 0 Å². The molecule has 2 unspecified atom stereocenters. The van der Waals surface area contributed by atoms with Crippen molar-refractivity contribution in [2.75, 3.05) is 26.2 Å². The third kappa shape index (κ3) is 4.81. The molecule has 2 N–H and O–H groups in total. The molecule has 0 radical (unpaired) electrons. The molecule has 0 amide bonds. The maximum Gasteiger partial charge on any atom is 0.0524 e. The predicted molar refractivity (Wildman–Crippen MR) is 68.6 cm³/mol. The average molecular weight is 228 g/mol. The molecule has 16 heavy (non-hydrogen) atoms. The van der Waals surface area contributed by atoms with Crippen LogP contribution in [0, 0.1) is 5.92 Å². The van der Waals surface area contributed by atoms with E-state index in [1.54, 1.807) is 0 Å². The first-order chi connectivity index (χ1) is 7.63. The van der Waals surface area contributed by atoms with Crippen molar-refractivity contribution in [2.45, 2.75) is 52.2 Å². The van der Waals surface area contributed by atoms with Gasteiger partial charge in [0.1, 0.15) is 0 Å². The van der Waals surface area contributed by atoms with Gasteiger partial charge in [0.25, 0.3) is 0 Å². The van der Waals surface area contributed by atoms with Gasteiger partial charge >= 0.3 is 0 Å². The zero-order chi connectivity index (χ0) is 12.0. The Kier molecular flexibility index (Phi) is 6.32. The maximum absolute atomic E-state index is 9.26. The first-order valence-electron chi connectivity index (χ1n) is 6.77. The van der Waals surface area contributed by atoms with Gasteiger partial charge in [-0.2, -0.15) is 0 Å². The van der Waals surface area contributed by atoms with E-state index < -0.39 is 0 Å². The van der Waals surface area contributed by atoms with E-state index in [1.807, 2.05) is 6.92 Å². The van der Waals surface area contributed by atoms with Gasteiger partial charge in [0.05, 0.1) is 6.10 Å². The lowest BCUT2D eigenvalue weighted by molar-refractivity contribution is 0.125. The molecular formula is C13H28N2O. The molecule has 0 aromatic heterocycles. The van der Waals surface area contributed by atoms with Gasteiger partial charge in [-0.1, -0.05) is 6.92 Å². The van der Waals surface area contributed by atoms with Crippen molar-refractivity contribution >= 4 is 0 Å². The van der Waals surface area contributed by atoms with Crippen molar-refractivity contribution in [3.05, 3.63) is 0 Å². The maximum atomic E-state index is 9.26. The van der Waals surface area contributed by atoms with E-state index in [0.29, 0.717) is 6.04 Å². The second-order valence-electron chi connectivity index (χ2n) is 5.16. The van der Waals surface area contributed by atoms with E-state index in [4.69, 9.17) is 0 Å². The molecule has 1 aliphatic rings. The summed E-state index contributed by atoms with van der Waals surface area (Å²) in [6.45, 7) is 10.9. The number of piperidine rings is 1. The van der Waals surface area contributed by atoms with Crippen LogP contribution in [0.2, 0.25) is 0 Å². The number of likely N-dealkylation sites (tertiary alicyclic amines) is 1. The third-order valence-electron chi connectivity index (χ3n) is 3.73. The molecule has 1 fully saturated rings. The largest absolute Gasteiger partial charge is 0.393 e. The fourth-order valence-corrected chi connectivity index (χ4v) is 2.53. The van der Waals surface area contributed by atoms with Crippen molar-refractivity contribution in [3.8, 4) is 0 Å². The highest BCUT2D eigenvalue weighted by atomic mass is 16.3. The summed E-state index contributed by atoms with van der Waals surface area (Å²) in [7, 11) is 0. The summed E-state index contributed by atoms with van der Waals surface area (Å²) < 4.78 is 0. The number of rotatable bonds is 6. The molecule has 0 spiro atoms. The zero-order valence-electron chi connectivity index (χ0n) is 11.1. The minimum Gasteiger partial charge on any atom is -0.393 e. The average Bonchev–Trinajstić information content (AvgIpc) is 2.27. The zero-order valence-corrected chi connectivity index (χ0v) is 11.1. The van der Waals surface area contributed by atoms with Crippen molar-refractivity contribution in [1.82, 2.24) is 10.2 Å². The number of hydrogen-bond donors (Lipinski definition) is 2. The van der Waals surface area contributed by atoms with Gasteiger partial charge in [-0.05, 0) is 58.7 Å². The van der Waals surface area contributed by atoms with Gasteiger partial charge in [0, 0.05) is 12.6 Å². The normalized spacial score (nSPS) is 23.2. The van der Waals surface area contributed by atoms with Crippen LogP contribution in [0.4, 0.5) is 0 Å². The summed E-state index contributed by atoms with van der Waals surface area (Å²) in [4.78, 5) is 2.49. The quantitative estimate of drug-likeness (QED) is 0.722. The van der Waals surface area contributed by atoms with Crippen molar-refractivity contribution in [1.29, 1.82) is 0 Å². The SMILES string of the molecule is CCNC(C)C1CCN(CCC(C)O)CC1. The molecular weight excluding hydrogens is 200 g/mol. The Morgan fingerprint density at radius 3 is 2.44 bits per heavy atom. The Balaban J connectivity index is 2.18. The molecule has 0 aliphatic carbocycles. The molecule has 3 nitrogen and oxygen atoms in total. The summed E-state index contributed by atoms with van der Waals surface area (Å²) in [5.41, 5.74) is 0. The van der Waals surface area contributed by atoms with Crippen molar-refractivity contribution in [2.24, 2.45) is 5.92 Å². The molecule has 1 rings (SSSR count). The third-order valence-corrected chi connectivity index (χ3v) is 3.73. The number of nitrogens with zero attached hydrogens (tertiary/aromatic N) is 1. The standard InChI is InChI=1S/C13H28N2O/c1-4-14-12(3)13-6-9-15(10-7-13)8-5-11(2)16/h11-14,16H,4-10H2,1-3H3. The smallest absolute Gasteiger partial charge is 0.0524 e. The first kappa shape index (κ1) is 13.9. The summed E-state index contributed by atoms with van der Waals surface area (Å²) in [6, 6.07) is 0.656. The Bertz CT molecular complexity index is 177. The van der Waals surface area contributed by atoms with Gasteiger partial charge in [-0.25, -0.2) is 0 Å². The van der Waals surface area contributed by atoms with Gasteiger partial charge in [0.2, 0.25) is 0 Å². The van der Waals surface area contributed by atoms with E-state index in [1.165, 1.54) is 25.9 Å². The second-order valence-corrected chi connectivity index (χ2v) is 5.16. The molecule has 96 valence electrons. The predicted octanol–water partition coefficient (Wildman–Crippen LogP) is 1.47. The summed E-state index contributed by atoms with van der Waals surface area (Å²) in [5.74, 6) is 0.836. The second kappa shape index (κ2) is 7.25. The van der Waals surface area contributed by atoms with Crippen molar-refractivity contribution < 1.29 is 5.11 Å². The fraction of sp³-hybridized carbons (Fsp3) is 1.00. The van der Waals surface area contributed by atoms with Gasteiger partial charge in [0.15, 0.2) is 0 Å². The van der Waals surface area contributed by atoms with Crippen LogP contribution in [-0.4, -0.2) is 48.3 Å². The lowest BCUT2D eigenvalue weighted by Gasteiger charge is -2.35. The Morgan fingerprint density at radius 1 is 1.31 bits per heavy atom. The first-order valence-corrected chi connectivity index (χ1v) is 6.77. The van der Waals surface area contributed by atoms with E-state index >= 15 is 0 Å². The highest BCUT2D eigenvalue weighted by molar-refractivity contribution is 4.79. The Labute approximate surface area is 100 Å². The lowest BCUT2D eigenvalue weighted by atomic mass is 9.90. The number of aliphatic hydroxyl groups excluding tert-OH is 1. The summed E-state index contributed by atoms with van der Waals surface area (Å²) in [6.07, 6.45) is 3.36. The molecule has 0 bridgehead atoms. The van der Waals surface area contributed by atoms with E-state index in [-0.39, 0.29) is 6.10 Å². The summed E-state index contributed by atoms with van der Waals surface area (Å²) >= 11 is 0. The van der Waals surface area contributed by atoms with Crippen LogP contribution in [0.25, 0.3) is 0 Å². The van der Waals surface area contributed by atoms with Gasteiger partial charge < -0.3 is 15.3 Å². The van der Waals surface area contributed by atoms with E-state index in [9.17, 15) is 5.11 Å². The van der Waals surface area contributed by atoms with Crippen LogP contribution in [-0.2, 0) is 0 Å². The van der Waals surface area contributed by atoms with Crippen LogP contribution in [0.5, 0.6) is 0 Å². The van der Waals surface area contributed by atoms with E-state index in [0.717, 1.165) is 25.4 Å². The monoisotopic (exact) mass is 228 g/mol. The number of hydrogen-bond acceptors (Lipinski definition) is 3. The fourth-order valence-electron chi connectivity index (χ4n) is 2.53. The molecule has 0 aromatic rings. The van der Waals surface area contributed by atoms with E-state index in [2.05, 4.69) is 24.1 Å². The van der Waals surface area contributed by atoms with Crippen LogP contribution < -0.4 is 5.32 Å². The Hall–Kier alpha value is -0.120. The minimum absolute atomic E-state index is 0.154. The van der Waals surface area contributed by atoms with Gasteiger partial charge in [-0.15, -0.1) is 0 Å². The Morgan fingerprint density at radius 2 is 1.94 bits per heavy atom. The number of nitrogens with one attached hydrogen (secondary N) is 1. The minimum atomic E-state index is -0.154. The topological polar surface area (TPSA) is 35.5 Å². The molecule has 0 aromatic carbocycles. The highest BCUT2D eigenvalue weighted by Gasteiger charge is 2.23. The molecule has 0 saturated carbocycles. The van der Waals surface area contributed by atoms with Crippen LogP contribution in [0.3, 0.4) is 0 Å². The lowest BCUT2D eigenvalue weighted by Crippen LogP contribution is -2.42. The molecule has 1 aliphatic heterocycles. The molecule has 3 heteroatoms. The van der Waals surface area contributed by atoms with Crippen LogP contribution >= 0.6 is 0 Å². The molecule has 2 atom stereocenters. The highest BCUT2D eigenvalue weighted by Crippen LogP contribution is 2.20. The number of aliphatic hydroxyl groups is 1.